The predicted octanol–water partition coefficient (Wildman–Crippen LogP) is 2.75. The highest BCUT2D eigenvalue weighted by Crippen LogP contribution is 2.20. The minimum absolute atomic E-state index is 0.240. The predicted molar refractivity (Wildman–Crippen MR) is 86.0 cm³/mol. The lowest BCUT2D eigenvalue weighted by molar-refractivity contribution is -0.111. The average molecular weight is 338 g/mol. The van der Waals surface area contributed by atoms with Gasteiger partial charge in [0.05, 0.1) is 11.9 Å². The number of amides is 1. The minimum Gasteiger partial charge on any atom is -0.462 e. The maximum absolute atomic E-state index is 13.5. The Hall–Kier alpha value is -2.61. The largest absolute Gasteiger partial charge is 0.462 e. The highest BCUT2D eigenvalue weighted by atomic mass is 32.2. The van der Waals surface area contributed by atoms with E-state index in [1.165, 1.54) is 24.3 Å². The molecule has 2 rings (SSSR count). The van der Waals surface area contributed by atoms with Crippen molar-refractivity contribution in [3.63, 3.8) is 0 Å². The Kier molecular flexibility index (Phi) is 4.85. The first-order valence-electron chi connectivity index (χ1n) is 6.56. The van der Waals surface area contributed by atoms with Gasteiger partial charge in [-0.2, -0.15) is 0 Å². The molecule has 0 saturated heterocycles. The highest BCUT2D eigenvalue weighted by Gasteiger charge is 2.09. The van der Waals surface area contributed by atoms with Crippen LogP contribution in [0.1, 0.15) is 11.5 Å². The van der Waals surface area contributed by atoms with Crippen LogP contribution in [-0.2, 0) is 14.8 Å². The van der Waals surface area contributed by atoms with Crippen LogP contribution in [0.4, 0.5) is 15.8 Å². The molecule has 0 spiro atoms. The van der Waals surface area contributed by atoms with Crippen molar-refractivity contribution < 1.29 is 22.0 Å². The van der Waals surface area contributed by atoms with Crippen LogP contribution in [0.3, 0.4) is 0 Å². The van der Waals surface area contributed by atoms with E-state index in [1.807, 2.05) is 4.72 Å². The standard InChI is InChI=1S/C15H15FN2O4S/c1-10-3-5-12(22-10)6-8-15(19)17-11-4-7-13(16)14(9-11)18-23(2,20)21/h3-9,18H,1-2H3,(H,17,19)/b8-6+. The Morgan fingerprint density at radius 2 is 2.00 bits per heavy atom. The number of benzene rings is 1. The third-order valence-corrected chi connectivity index (χ3v) is 3.28. The molecule has 2 aromatic rings. The van der Waals surface area contributed by atoms with E-state index in [-0.39, 0.29) is 11.4 Å². The maximum Gasteiger partial charge on any atom is 0.248 e. The van der Waals surface area contributed by atoms with Crippen molar-refractivity contribution in [2.75, 3.05) is 16.3 Å². The topological polar surface area (TPSA) is 88.4 Å². The number of nitrogens with one attached hydrogen (secondary N) is 2. The van der Waals surface area contributed by atoms with Crippen LogP contribution in [0.2, 0.25) is 0 Å². The van der Waals surface area contributed by atoms with Gasteiger partial charge in [0, 0.05) is 11.8 Å². The first kappa shape index (κ1) is 16.8. The zero-order chi connectivity index (χ0) is 17.0. The Morgan fingerprint density at radius 3 is 2.61 bits per heavy atom. The molecule has 1 amide bonds. The number of sulfonamides is 1. The van der Waals surface area contributed by atoms with E-state index in [2.05, 4.69) is 5.32 Å². The molecule has 0 aliphatic rings. The van der Waals surface area contributed by atoms with Crippen LogP contribution in [0, 0.1) is 12.7 Å². The molecule has 2 N–H and O–H groups in total. The van der Waals surface area contributed by atoms with Crippen molar-refractivity contribution in [2.45, 2.75) is 6.92 Å². The van der Waals surface area contributed by atoms with Crippen molar-refractivity contribution in [3.05, 3.63) is 53.7 Å². The number of rotatable bonds is 5. The third kappa shape index (κ3) is 5.26. The first-order chi connectivity index (χ1) is 10.7. The molecule has 0 unspecified atom stereocenters. The second kappa shape index (κ2) is 6.66. The minimum atomic E-state index is -3.62. The Balaban J connectivity index is 2.09. The number of hydrogen-bond acceptors (Lipinski definition) is 4. The third-order valence-electron chi connectivity index (χ3n) is 2.69. The molecule has 0 saturated carbocycles. The van der Waals surface area contributed by atoms with Crippen molar-refractivity contribution in [2.24, 2.45) is 0 Å². The number of halogens is 1. The lowest BCUT2D eigenvalue weighted by Gasteiger charge is -2.08. The summed E-state index contributed by atoms with van der Waals surface area (Å²) in [6.45, 7) is 1.78. The molecule has 23 heavy (non-hydrogen) atoms. The molecular formula is C15H15FN2O4S. The molecule has 1 aromatic heterocycles. The Morgan fingerprint density at radius 1 is 1.26 bits per heavy atom. The van der Waals surface area contributed by atoms with Crippen LogP contribution in [0.5, 0.6) is 0 Å². The van der Waals surface area contributed by atoms with Gasteiger partial charge < -0.3 is 9.73 Å². The number of furan rings is 1. The molecule has 0 bridgehead atoms. The van der Waals surface area contributed by atoms with Crippen LogP contribution in [-0.4, -0.2) is 20.6 Å². The number of anilines is 2. The fourth-order valence-corrected chi connectivity index (χ4v) is 2.32. The molecule has 1 aromatic carbocycles. The van der Waals surface area contributed by atoms with Gasteiger partial charge in [0.2, 0.25) is 15.9 Å². The number of carbonyl (C=O) groups is 1. The Labute approximate surface area is 133 Å². The van der Waals surface area contributed by atoms with Crippen LogP contribution in [0.25, 0.3) is 6.08 Å². The average Bonchev–Trinajstić information content (AvgIpc) is 2.84. The lowest BCUT2D eigenvalue weighted by Crippen LogP contribution is -2.12. The molecule has 0 aliphatic heterocycles. The molecule has 0 atom stereocenters. The fourth-order valence-electron chi connectivity index (χ4n) is 1.77. The SMILES string of the molecule is Cc1ccc(/C=C/C(=O)Nc2ccc(F)c(NS(C)(=O)=O)c2)o1. The van der Waals surface area contributed by atoms with Crippen molar-refractivity contribution >= 4 is 33.4 Å². The molecule has 0 radical (unpaired) electrons. The molecule has 0 aliphatic carbocycles. The monoisotopic (exact) mass is 338 g/mol. The van der Waals surface area contributed by atoms with E-state index in [9.17, 15) is 17.6 Å². The van der Waals surface area contributed by atoms with Crippen molar-refractivity contribution in [1.29, 1.82) is 0 Å². The van der Waals surface area contributed by atoms with E-state index < -0.39 is 21.7 Å². The first-order valence-corrected chi connectivity index (χ1v) is 8.45. The number of aryl methyl sites for hydroxylation is 1. The van der Waals surface area contributed by atoms with Gasteiger partial charge in [-0.3, -0.25) is 9.52 Å². The molecule has 6 nitrogen and oxygen atoms in total. The van der Waals surface area contributed by atoms with E-state index in [0.29, 0.717) is 5.76 Å². The molecular weight excluding hydrogens is 323 g/mol. The maximum atomic E-state index is 13.5. The summed E-state index contributed by atoms with van der Waals surface area (Å²) in [6.07, 6.45) is 3.65. The van der Waals surface area contributed by atoms with E-state index in [0.717, 1.165) is 18.1 Å². The van der Waals surface area contributed by atoms with Gasteiger partial charge in [-0.25, -0.2) is 12.8 Å². The van der Waals surface area contributed by atoms with Crippen molar-refractivity contribution in [3.8, 4) is 0 Å². The van der Waals surface area contributed by atoms with Gasteiger partial charge >= 0.3 is 0 Å². The number of carbonyl (C=O) groups excluding carboxylic acids is 1. The van der Waals surface area contributed by atoms with Gasteiger partial charge in [0.1, 0.15) is 17.3 Å². The number of hydrogen-bond donors (Lipinski definition) is 2. The quantitative estimate of drug-likeness (QED) is 0.821. The van der Waals surface area contributed by atoms with Crippen LogP contribution >= 0.6 is 0 Å². The van der Waals surface area contributed by atoms with Gasteiger partial charge in [0.15, 0.2) is 0 Å². The van der Waals surface area contributed by atoms with Gasteiger partial charge in [0.25, 0.3) is 0 Å². The van der Waals surface area contributed by atoms with Crippen LogP contribution in [0.15, 0.2) is 40.8 Å². The second-order valence-electron chi connectivity index (χ2n) is 4.84. The van der Waals surface area contributed by atoms with Gasteiger partial charge in [-0.15, -0.1) is 0 Å². The summed E-state index contributed by atoms with van der Waals surface area (Å²) < 4.78 is 43.2. The van der Waals surface area contributed by atoms with Gasteiger partial charge in [-0.05, 0) is 43.3 Å². The molecule has 122 valence electrons. The second-order valence-corrected chi connectivity index (χ2v) is 6.59. The zero-order valence-corrected chi connectivity index (χ0v) is 13.3. The van der Waals surface area contributed by atoms with Gasteiger partial charge in [-0.1, -0.05) is 0 Å². The van der Waals surface area contributed by atoms with E-state index >= 15 is 0 Å². The Bertz CT molecular complexity index is 856. The molecule has 8 heteroatoms. The highest BCUT2D eigenvalue weighted by molar-refractivity contribution is 7.92. The zero-order valence-electron chi connectivity index (χ0n) is 12.5. The smallest absolute Gasteiger partial charge is 0.248 e. The summed E-state index contributed by atoms with van der Waals surface area (Å²) in [5.41, 5.74) is 0.0127. The summed E-state index contributed by atoms with van der Waals surface area (Å²) in [4.78, 5) is 11.8. The normalized spacial score (nSPS) is 11.6. The molecule has 0 fully saturated rings. The summed E-state index contributed by atoms with van der Waals surface area (Å²) in [5, 5.41) is 2.50. The summed E-state index contributed by atoms with van der Waals surface area (Å²) in [6, 6.07) is 7.05. The summed E-state index contributed by atoms with van der Waals surface area (Å²) >= 11 is 0. The van der Waals surface area contributed by atoms with Crippen molar-refractivity contribution in [1.82, 2.24) is 0 Å². The molecule has 1 heterocycles. The van der Waals surface area contributed by atoms with E-state index in [1.54, 1.807) is 19.1 Å². The summed E-state index contributed by atoms with van der Waals surface area (Å²) in [5.74, 6) is 0.0438. The lowest BCUT2D eigenvalue weighted by atomic mass is 10.2. The van der Waals surface area contributed by atoms with Crippen LogP contribution < -0.4 is 10.0 Å². The summed E-state index contributed by atoms with van der Waals surface area (Å²) in [7, 11) is -3.62. The van der Waals surface area contributed by atoms with E-state index in [4.69, 9.17) is 4.42 Å². The fraction of sp³-hybridized carbons (Fsp3) is 0.133.